The summed E-state index contributed by atoms with van der Waals surface area (Å²) in [6.07, 6.45) is 3.37. The molecule has 2 aliphatic rings. The molecule has 6 heteroatoms. The van der Waals surface area contributed by atoms with Gasteiger partial charge < -0.3 is 10.2 Å². The van der Waals surface area contributed by atoms with Crippen LogP contribution in [0.4, 0.5) is 17.5 Å². The third-order valence-electron chi connectivity index (χ3n) is 5.31. The van der Waals surface area contributed by atoms with E-state index in [1.54, 1.807) is 0 Å². The second kappa shape index (κ2) is 7.26. The molecule has 0 bridgehead atoms. The Hall–Kier alpha value is -2.30. The molecule has 0 radical (unpaired) electrons. The van der Waals surface area contributed by atoms with Gasteiger partial charge >= 0.3 is 0 Å². The molecule has 0 unspecified atom stereocenters. The van der Waals surface area contributed by atoms with Gasteiger partial charge in [0, 0.05) is 40.8 Å². The van der Waals surface area contributed by atoms with Crippen molar-refractivity contribution in [2.45, 2.75) is 31.7 Å². The summed E-state index contributed by atoms with van der Waals surface area (Å²) in [6, 6.07) is 16.0. The first-order valence-corrected chi connectivity index (χ1v) is 10.3. The molecule has 5 rings (SSSR count). The van der Waals surface area contributed by atoms with E-state index >= 15 is 0 Å². The summed E-state index contributed by atoms with van der Waals surface area (Å²) >= 11 is 12.3. The van der Waals surface area contributed by atoms with Crippen LogP contribution in [0.3, 0.4) is 0 Å². The molecular weight excluding hydrogens is 391 g/mol. The van der Waals surface area contributed by atoms with Crippen LogP contribution in [0, 0.1) is 0 Å². The van der Waals surface area contributed by atoms with Gasteiger partial charge in [0.05, 0.1) is 5.69 Å². The zero-order valence-electron chi connectivity index (χ0n) is 15.3. The molecule has 0 spiro atoms. The molecule has 1 aliphatic heterocycles. The lowest BCUT2D eigenvalue weighted by Crippen LogP contribution is -2.31. The lowest BCUT2D eigenvalue weighted by Gasteiger charge is -2.30. The Morgan fingerprint density at radius 1 is 0.929 bits per heavy atom. The molecule has 1 N–H and O–H groups in total. The van der Waals surface area contributed by atoms with E-state index in [1.807, 2.05) is 30.3 Å². The first-order valence-electron chi connectivity index (χ1n) is 9.58. The first kappa shape index (κ1) is 17.8. The minimum atomic E-state index is 0.553. The van der Waals surface area contributed by atoms with Gasteiger partial charge in [-0.2, -0.15) is 4.98 Å². The van der Waals surface area contributed by atoms with Crippen molar-refractivity contribution in [1.82, 2.24) is 9.97 Å². The molecule has 1 aromatic heterocycles. The van der Waals surface area contributed by atoms with Gasteiger partial charge in [-0.3, -0.25) is 0 Å². The van der Waals surface area contributed by atoms with E-state index < -0.39 is 0 Å². The fourth-order valence-corrected chi connectivity index (χ4v) is 4.06. The molecule has 0 atom stereocenters. The Labute approximate surface area is 174 Å². The molecule has 142 valence electrons. The van der Waals surface area contributed by atoms with Crippen molar-refractivity contribution >= 4 is 40.7 Å². The highest BCUT2D eigenvalue weighted by atomic mass is 35.5. The van der Waals surface area contributed by atoms with Gasteiger partial charge in [0.1, 0.15) is 5.82 Å². The normalized spacial score (nSPS) is 16.0. The summed E-state index contributed by atoms with van der Waals surface area (Å²) in [4.78, 5) is 11.9. The lowest BCUT2D eigenvalue weighted by molar-refractivity contribution is 0.718. The summed E-state index contributed by atoms with van der Waals surface area (Å²) in [5.41, 5.74) is 4.66. The fraction of sp³-hybridized carbons (Fsp3) is 0.273. The highest BCUT2D eigenvalue weighted by molar-refractivity contribution is 6.31. The second-order valence-corrected chi connectivity index (χ2v) is 8.34. The highest BCUT2D eigenvalue weighted by Gasteiger charge is 2.27. The molecule has 3 aromatic rings. The van der Waals surface area contributed by atoms with Crippen molar-refractivity contribution in [2.24, 2.45) is 0 Å². The Kier molecular flexibility index (Phi) is 4.61. The predicted octanol–water partition coefficient (Wildman–Crippen LogP) is 5.97. The van der Waals surface area contributed by atoms with Crippen LogP contribution in [0.2, 0.25) is 10.0 Å². The predicted molar refractivity (Wildman–Crippen MR) is 115 cm³/mol. The first-order chi connectivity index (χ1) is 13.6. The standard InChI is InChI=1S/C22H20Cl2N4/c23-17-2-1-3-19(11-17)25-22-26-20(14-4-5-14)12-21(27-22)28-9-8-15-10-18(24)7-6-16(15)13-28/h1-3,6-7,10-12,14H,4-5,8-9,13H2,(H,25,26,27). The van der Waals surface area contributed by atoms with Crippen LogP contribution in [-0.4, -0.2) is 16.5 Å². The molecule has 2 aromatic carbocycles. The SMILES string of the molecule is Clc1cccc(Nc2nc(C3CC3)cc(N3CCc4cc(Cl)ccc4C3)n2)c1. The molecule has 0 amide bonds. The van der Waals surface area contributed by atoms with Crippen LogP contribution in [0.1, 0.15) is 35.6 Å². The molecule has 1 fully saturated rings. The van der Waals surface area contributed by atoms with Gasteiger partial charge in [-0.25, -0.2) is 4.98 Å². The molecule has 1 aliphatic carbocycles. The van der Waals surface area contributed by atoms with Crippen LogP contribution in [0.15, 0.2) is 48.5 Å². The van der Waals surface area contributed by atoms with Crippen LogP contribution in [0.25, 0.3) is 0 Å². The van der Waals surface area contributed by atoms with Crippen LogP contribution < -0.4 is 10.2 Å². The molecular formula is C22H20Cl2N4. The summed E-state index contributed by atoms with van der Waals surface area (Å²) in [6.45, 7) is 1.76. The van der Waals surface area contributed by atoms with Gasteiger partial charge in [0.15, 0.2) is 0 Å². The molecule has 1 saturated carbocycles. The van der Waals surface area contributed by atoms with E-state index in [0.29, 0.717) is 16.9 Å². The number of aromatic nitrogens is 2. The van der Waals surface area contributed by atoms with E-state index in [9.17, 15) is 0 Å². The third-order valence-corrected chi connectivity index (χ3v) is 5.78. The summed E-state index contributed by atoms with van der Waals surface area (Å²) in [5.74, 6) is 2.16. The number of halogens is 2. The zero-order chi connectivity index (χ0) is 19.1. The second-order valence-electron chi connectivity index (χ2n) is 7.47. The maximum absolute atomic E-state index is 6.15. The number of anilines is 3. The number of fused-ring (bicyclic) bond motifs is 1. The highest BCUT2D eigenvalue weighted by Crippen LogP contribution is 2.40. The number of benzene rings is 2. The van der Waals surface area contributed by atoms with Gasteiger partial charge in [-0.05, 0) is 60.7 Å². The van der Waals surface area contributed by atoms with Gasteiger partial charge in [0.2, 0.25) is 5.95 Å². The van der Waals surface area contributed by atoms with Gasteiger partial charge in [-0.15, -0.1) is 0 Å². The number of rotatable bonds is 4. The number of hydrogen-bond donors (Lipinski definition) is 1. The number of hydrogen-bond acceptors (Lipinski definition) is 4. The topological polar surface area (TPSA) is 41.1 Å². The third kappa shape index (κ3) is 3.80. The van der Waals surface area contributed by atoms with Crippen molar-refractivity contribution in [3.8, 4) is 0 Å². The number of nitrogens with one attached hydrogen (secondary N) is 1. The largest absolute Gasteiger partial charge is 0.352 e. The Balaban J connectivity index is 1.45. The van der Waals surface area contributed by atoms with Gasteiger partial charge in [-0.1, -0.05) is 35.3 Å². The molecule has 2 heterocycles. The van der Waals surface area contributed by atoms with Crippen molar-refractivity contribution in [3.63, 3.8) is 0 Å². The number of nitrogens with zero attached hydrogens (tertiary/aromatic N) is 3. The van der Waals surface area contributed by atoms with E-state index in [0.717, 1.165) is 41.7 Å². The van der Waals surface area contributed by atoms with Crippen molar-refractivity contribution in [1.29, 1.82) is 0 Å². The van der Waals surface area contributed by atoms with E-state index in [-0.39, 0.29) is 0 Å². The van der Waals surface area contributed by atoms with Crippen molar-refractivity contribution < 1.29 is 0 Å². The summed E-state index contributed by atoms with van der Waals surface area (Å²) in [5, 5.41) is 4.82. The Morgan fingerprint density at radius 3 is 2.61 bits per heavy atom. The average molecular weight is 411 g/mol. The van der Waals surface area contributed by atoms with Crippen molar-refractivity contribution in [3.05, 3.63) is 75.4 Å². The molecule has 28 heavy (non-hydrogen) atoms. The van der Waals surface area contributed by atoms with E-state index in [4.69, 9.17) is 33.2 Å². The quantitative estimate of drug-likeness (QED) is 0.575. The van der Waals surface area contributed by atoms with Gasteiger partial charge in [0.25, 0.3) is 0 Å². The van der Waals surface area contributed by atoms with Crippen LogP contribution in [-0.2, 0) is 13.0 Å². The summed E-state index contributed by atoms with van der Waals surface area (Å²) in [7, 11) is 0. The zero-order valence-corrected chi connectivity index (χ0v) is 16.8. The van der Waals surface area contributed by atoms with E-state index in [1.165, 1.54) is 24.0 Å². The molecule has 0 saturated heterocycles. The smallest absolute Gasteiger partial charge is 0.229 e. The Morgan fingerprint density at radius 2 is 1.79 bits per heavy atom. The average Bonchev–Trinajstić information content (AvgIpc) is 3.53. The molecule has 4 nitrogen and oxygen atoms in total. The fourth-order valence-electron chi connectivity index (χ4n) is 3.67. The summed E-state index contributed by atoms with van der Waals surface area (Å²) < 4.78 is 0. The minimum Gasteiger partial charge on any atom is -0.352 e. The van der Waals surface area contributed by atoms with Crippen LogP contribution in [0.5, 0.6) is 0 Å². The minimum absolute atomic E-state index is 0.553. The van der Waals surface area contributed by atoms with E-state index in [2.05, 4.69) is 28.4 Å². The maximum atomic E-state index is 6.15. The Bertz CT molecular complexity index is 1030. The monoisotopic (exact) mass is 410 g/mol. The lowest BCUT2D eigenvalue weighted by atomic mass is 10.00. The van der Waals surface area contributed by atoms with Crippen LogP contribution >= 0.6 is 23.2 Å². The maximum Gasteiger partial charge on any atom is 0.229 e. The van der Waals surface area contributed by atoms with Crippen molar-refractivity contribution in [2.75, 3.05) is 16.8 Å².